The van der Waals surface area contributed by atoms with E-state index < -0.39 is 10.0 Å². The number of carbonyl (C=O) groups excluding carboxylic acids is 1. The third kappa shape index (κ3) is 4.60. The fourth-order valence-corrected chi connectivity index (χ4v) is 2.25. The minimum atomic E-state index is -3.33. The highest BCUT2D eigenvalue weighted by Gasteiger charge is 2.11. The molecule has 0 fully saturated rings. The van der Waals surface area contributed by atoms with Gasteiger partial charge in [-0.15, -0.1) is 0 Å². The predicted molar refractivity (Wildman–Crippen MR) is 77.3 cm³/mol. The van der Waals surface area contributed by atoms with Gasteiger partial charge in [-0.05, 0) is 24.6 Å². The summed E-state index contributed by atoms with van der Waals surface area (Å²) in [5, 5.41) is 6.30. The van der Waals surface area contributed by atoms with Crippen molar-refractivity contribution in [1.29, 1.82) is 0 Å². The summed E-state index contributed by atoms with van der Waals surface area (Å²) in [4.78, 5) is 11.8. The van der Waals surface area contributed by atoms with Crippen LogP contribution < -0.4 is 10.0 Å². The van der Waals surface area contributed by atoms with E-state index in [0.717, 1.165) is 11.8 Å². The van der Waals surface area contributed by atoms with Gasteiger partial charge in [0.05, 0.1) is 11.9 Å². The predicted octanol–water partition coefficient (Wildman–Crippen LogP) is 1.28. The van der Waals surface area contributed by atoms with Crippen molar-refractivity contribution < 1.29 is 17.7 Å². The van der Waals surface area contributed by atoms with Gasteiger partial charge in [0.25, 0.3) is 5.91 Å². The first-order valence-electron chi connectivity index (χ1n) is 6.12. The van der Waals surface area contributed by atoms with Gasteiger partial charge in [-0.3, -0.25) is 9.52 Å². The number of nitrogens with one attached hydrogen (secondary N) is 2. The SMILES string of the molecule is Cc1cc(C(=O)NCc2cccc(NS(C)(=O)=O)c2)on1. The summed E-state index contributed by atoms with van der Waals surface area (Å²) in [6.45, 7) is 1.97. The van der Waals surface area contributed by atoms with Crippen molar-refractivity contribution in [2.75, 3.05) is 11.0 Å². The molecule has 0 atom stereocenters. The van der Waals surface area contributed by atoms with Crippen molar-refractivity contribution in [2.24, 2.45) is 0 Å². The molecule has 0 aliphatic heterocycles. The van der Waals surface area contributed by atoms with Crippen molar-refractivity contribution in [3.63, 3.8) is 0 Å². The Labute approximate surface area is 122 Å². The van der Waals surface area contributed by atoms with Crippen LogP contribution in [0.15, 0.2) is 34.9 Å². The summed E-state index contributed by atoms with van der Waals surface area (Å²) in [6, 6.07) is 8.29. The van der Waals surface area contributed by atoms with Gasteiger partial charge in [0, 0.05) is 18.3 Å². The summed E-state index contributed by atoms with van der Waals surface area (Å²) in [6.07, 6.45) is 1.08. The van der Waals surface area contributed by atoms with Crippen molar-refractivity contribution in [3.8, 4) is 0 Å². The van der Waals surface area contributed by atoms with Crippen LogP contribution in [0.4, 0.5) is 5.69 Å². The number of hydrogen-bond donors (Lipinski definition) is 2. The van der Waals surface area contributed by atoms with Crippen LogP contribution in [0.25, 0.3) is 0 Å². The minimum absolute atomic E-state index is 0.137. The summed E-state index contributed by atoms with van der Waals surface area (Å²) < 4.78 is 29.6. The Morgan fingerprint density at radius 2 is 2.10 bits per heavy atom. The Bertz CT molecular complexity index is 752. The van der Waals surface area contributed by atoms with Crippen LogP contribution in [0.5, 0.6) is 0 Å². The number of carbonyl (C=O) groups is 1. The van der Waals surface area contributed by atoms with E-state index in [0.29, 0.717) is 11.4 Å². The maximum atomic E-state index is 11.8. The van der Waals surface area contributed by atoms with Crippen LogP contribution in [0.2, 0.25) is 0 Å². The second kappa shape index (κ2) is 5.96. The molecule has 112 valence electrons. The molecule has 0 saturated carbocycles. The number of amides is 1. The van der Waals surface area contributed by atoms with Gasteiger partial charge in [-0.25, -0.2) is 8.42 Å². The zero-order valence-electron chi connectivity index (χ0n) is 11.6. The normalized spacial score (nSPS) is 11.1. The largest absolute Gasteiger partial charge is 0.351 e. The molecule has 2 rings (SSSR count). The highest BCUT2D eigenvalue weighted by atomic mass is 32.2. The van der Waals surface area contributed by atoms with Crippen LogP contribution in [-0.2, 0) is 16.6 Å². The van der Waals surface area contributed by atoms with Gasteiger partial charge >= 0.3 is 0 Å². The van der Waals surface area contributed by atoms with Gasteiger partial charge in [0.2, 0.25) is 15.8 Å². The van der Waals surface area contributed by atoms with Gasteiger partial charge in [0.15, 0.2) is 0 Å². The van der Waals surface area contributed by atoms with E-state index in [1.54, 1.807) is 31.2 Å². The monoisotopic (exact) mass is 309 g/mol. The third-order valence-electron chi connectivity index (χ3n) is 2.54. The molecule has 0 radical (unpaired) electrons. The molecule has 21 heavy (non-hydrogen) atoms. The number of sulfonamides is 1. The lowest BCUT2D eigenvalue weighted by Gasteiger charge is -2.07. The van der Waals surface area contributed by atoms with E-state index >= 15 is 0 Å². The molecule has 1 amide bonds. The third-order valence-corrected chi connectivity index (χ3v) is 3.14. The average Bonchev–Trinajstić information content (AvgIpc) is 2.81. The Balaban J connectivity index is 2.00. The lowest BCUT2D eigenvalue weighted by atomic mass is 10.2. The molecule has 1 aromatic carbocycles. The smallest absolute Gasteiger partial charge is 0.290 e. The average molecular weight is 309 g/mol. The number of rotatable bonds is 5. The zero-order chi connectivity index (χ0) is 15.5. The molecule has 1 aromatic heterocycles. The number of aryl methyl sites for hydroxylation is 1. The van der Waals surface area contributed by atoms with E-state index in [9.17, 15) is 13.2 Å². The first kappa shape index (κ1) is 15.0. The van der Waals surface area contributed by atoms with Gasteiger partial charge in [-0.2, -0.15) is 0 Å². The van der Waals surface area contributed by atoms with E-state index in [2.05, 4.69) is 15.2 Å². The topological polar surface area (TPSA) is 101 Å². The second-order valence-electron chi connectivity index (χ2n) is 4.59. The first-order valence-corrected chi connectivity index (χ1v) is 8.01. The van der Waals surface area contributed by atoms with E-state index in [1.807, 2.05) is 0 Å². The summed E-state index contributed by atoms with van der Waals surface area (Å²) >= 11 is 0. The molecule has 0 aliphatic carbocycles. The Kier molecular flexibility index (Phi) is 4.27. The van der Waals surface area contributed by atoms with Crippen molar-refractivity contribution in [1.82, 2.24) is 10.5 Å². The standard InChI is InChI=1S/C13H15N3O4S/c1-9-6-12(20-15-9)13(17)14-8-10-4-3-5-11(7-10)16-21(2,18)19/h3-7,16H,8H2,1-2H3,(H,14,17). The maximum absolute atomic E-state index is 11.8. The zero-order valence-corrected chi connectivity index (χ0v) is 12.4. The molecular weight excluding hydrogens is 294 g/mol. The van der Waals surface area contributed by atoms with Crippen LogP contribution in [0.3, 0.4) is 0 Å². The summed E-state index contributed by atoms with van der Waals surface area (Å²) in [7, 11) is -3.33. The molecule has 0 aliphatic rings. The van der Waals surface area contributed by atoms with Crippen LogP contribution in [0, 0.1) is 6.92 Å². The lowest BCUT2D eigenvalue weighted by molar-refractivity contribution is 0.0914. The number of anilines is 1. The number of aromatic nitrogens is 1. The Hall–Kier alpha value is -2.35. The van der Waals surface area contributed by atoms with Crippen molar-refractivity contribution in [2.45, 2.75) is 13.5 Å². The van der Waals surface area contributed by atoms with Crippen LogP contribution >= 0.6 is 0 Å². The molecule has 0 spiro atoms. The van der Waals surface area contributed by atoms with E-state index in [4.69, 9.17) is 4.52 Å². The molecular formula is C13H15N3O4S. The lowest BCUT2D eigenvalue weighted by Crippen LogP contribution is -2.22. The summed E-state index contributed by atoms with van der Waals surface area (Å²) in [5.74, 6) is -0.241. The van der Waals surface area contributed by atoms with Gasteiger partial charge < -0.3 is 9.84 Å². The minimum Gasteiger partial charge on any atom is -0.351 e. The quantitative estimate of drug-likeness (QED) is 0.866. The fourth-order valence-electron chi connectivity index (χ4n) is 1.70. The van der Waals surface area contributed by atoms with Gasteiger partial charge in [0.1, 0.15) is 0 Å². The molecule has 7 nitrogen and oxygen atoms in total. The number of benzene rings is 1. The van der Waals surface area contributed by atoms with E-state index in [-0.39, 0.29) is 18.2 Å². The van der Waals surface area contributed by atoms with Gasteiger partial charge in [-0.1, -0.05) is 17.3 Å². The molecule has 2 N–H and O–H groups in total. The molecule has 0 saturated heterocycles. The summed E-state index contributed by atoms with van der Waals surface area (Å²) in [5.41, 5.74) is 1.83. The molecule has 0 bridgehead atoms. The Morgan fingerprint density at radius 1 is 1.33 bits per heavy atom. The van der Waals surface area contributed by atoms with Crippen LogP contribution in [0.1, 0.15) is 21.8 Å². The number of hydrogen-bond acceptors (Lipinski definition) is 5. The molecule has 8 heteroatoms. The van der Waals surface area contributed by atoms with Crippen LogP contribution in [-0.4, -0.2) is 25.7 Å². The first-order chi connectivity index (χ1) is 9.83. The Morgan fingerprint density at radius 3 is 2.71 bits per heavy atom. The van der Waals surface area contributed by atoms with Crippen molar-refractivity contribution in [3.05, 3.63) is 47.3 Å². The second-order valence-corrected chi connectivity index (χ2v) is 6.34. The van der Waals surface area contributed by atoms with E-state index in [1.165, 1.54) is 6.07 Å². The molecule has 0 unspecified atom stereocenters. The molecule has 1 heterocycles. The highest BCUT2D eigenvalue weighted by Crippen LogP contribution is 2.12. The highest BCUT2D eigenvalue weighted by molar-refractivity contribution is 7.92. The van der Waals surface area contributed by atoms with Crippen molar-refractivity contribution >= 4 is 21.6 Å². The number of nitrogens with zero attached hydrogens (tertiary/aromatic N) is 1. The maximum Gasteiger partial charge on any atom is 0.290 e. The fraction of sp³-hybridized carbons (Fsp3) is 0.231. The molecule has 2 aromatic rings.